The van der Waals surface area contributed by atoms with Gasteiger partial charge in [0.25, 0.3) is 0 Å². The Balaban J connectivity index is 2.25. The Labute approximate surface area is 96.1 Å². The first-order chi connectivity index (χ1) is 7.17. The van der Waals surface area contributed by atoms with E-state index in [-0.39, 0.29) is 0 Å². The number of hydrogen-bond donors (Lipinski definition) is 1. The number of likely N-dealkylation sites (tertiary alicyclic amines) is 1. The Morgan fingerprint density at radius 1 is 1.53 bits per heavy atom. The van der Waals surface area contributed by atoms with Gasteiger partial charge in [-0.1, -0.05) is 13.8 Å². The Morgan fingerprint density at radius 3 is 2.80 bits per heavy atom. The highest BCUT2D eigenvalue weighted by molar-refractivity contribution is 7.84. The van der Waals surface area contributed by atoms with Gasteiger partial charge < -0.3 is 10.2 Å². The van der Waals surface area contributed by atoms with Crippen molar-refractivity contribution in [3.8, 4) is 0 Å². The fourth-order valence-corrected chi connectivity index (χ4v) is 2.99. The summed E-state index contributed by atoms with van der Waals surface area (Å²) in [7, 11) is 1.44. The van der Waals surface area contributed by atoms with E-state index in [2.05, 4.69) is 17.1 Å². The molecular formula is C11H24N2OS. The molecule has 0 saturated carbocycles. The molecule has 1 heterocycles. The summed E-state index contributed by atoms with van der Waals surface area (Å²) in [6.07, 6.45) is 1.22. The van der Waals surface area contributed by atoms with E-state index >= 15 is 0 Å². The third-order valence-electron chi connectivity index (χ3n) is 3.32. The number of rotatable bonds is 5. The maximum atomic E-state index is 11.3. The molecule has 0 amide bonds. The highest BCUT2D eigenvalue weighted by Gasteiger charge is 2.24. The van der Waals surface area contributed by atoms with Crippen molar-refractivity contribution in [2.75, 3.05) is 38.2 Å². The second-order valence-electron chi connectivity index (χ2n) is 4.39. The SMILES string of the molecule is CCS(=O)CCN1CCC(NC)C(C)C1. The van der Waals surface area contributed by atoms with Gasteiger partial charge in [-0.2, -0.15) is 0 Å². The molecule has 0 radical (unpaired) electrons. The molecule has 3 atom stereocenters. The maximum absolute atomic E-state index is 11.3. The summed E-state index contributed by atoms with van der Waals surface area (Å²) in [5.74, 6) is 2.34. The first kappa shape index (κ1) is 13.1. The maximum Gasteiger partial charge on any atom is 0.0362 e. The summed E-state index contributed by atoms with van der Waals surface area (Å²) in [5, 5.41) is 3.36. The highest BCUT2D eigenvalue weighted by Crippen LogP contribution is 2.15. The monoisotopic (exact) mass is 232 g/mol. The lowest BCUT2D eigenvalue weighted by atomic mass is 9.94. The molecule has 1 aliphatic heterocycles. The lowest BCUT2D eigenvalue weighted by molar-refractivity contribution is 0.159. The van der Waals surface area contributed by atoms with E-state index in [0.29, 0.717) is 12.0 Å². The van der Waals surface area contributed by atoms with E-state index in [1.54, 1.807) is 0 Å². The quantitative estimate of drug-likeness (QED) is 0.757. The highest BCUT2D eigenvalue weighted by atomic mass is 32.2. The van der Waals surface area contributed by atoms with Crippen molar-refractivity contribution in [3.05, 3.63) is 0 Å². The summed E-state index contributed by atoms with van der Waals surface area (Å²) < 4.78 is 11.3. The van der Waals surface area contributed by atoms with Gasteiger partial charge >= 0.3 is 0 Å². The third-order valence-corrected chi connectivity index (χ3v) is 4.60. The van der Waals surface area contributed by atoms with Gasteiger partial charge in [-0.15, -0.1) is 0 Å². The van der Waals surface area contributed by atoms with Crippen molar-refractivity contribution in [1.82, 2.24) is 10.2 Å². The van der Waals surface area contributed by atoms with E-state index in [1.165, 1.54) is 6.42 Å². The molecule has 1 rings (SSSR count). The normalized spacial score (nSPS) is 30.3. The lowest BCUT2D eigenvalue weighted by Gasteiger charge is -2.36. The fourth-order valence-electron chi connectivity index (χ4n) is 2.24. The van der Waals surface area contributed by atoms with Crippen molar-refractivity contribution in [3.63, 3.8) is 0 Å². The van der Waals surface area contributed by atoms with Gasteiger partial charge in [0.2, 0.25) is 0 Å². The predicted octanol–water partition coefficient (Wildman–Crippen LogP) is 0.685. The first-order valence-corrected chi connectivity index (χ1v) is 7.40. The molecule has 1 N–H and O–H groups in total. The van der Waals surface area contributed by atoms with Gasteiger partial charge in [-0.25, -0.2) is 0 Å². The molecule has 0 aromatic heterocycles. The minimum absolute atomic E-state index is 0.608. The van der Waals surface area contributed by atoms with Crippen molar-refractivity contribution in [2.24, 2.45) is 5.92 Å². The van der Waals surface area contributed by atoms with E-state index in [0.717, 1.165) is 31.1 Å². The van der Waals surface area contributed by atoms with Gasteiger partial charge in [-0.3, -0.25) is 4.21 Å². The zero-order valence-electron chi connectivity index (χ0n) is 10.2. The number of nitrogens with zero attached hydrogens (tertiary/aromatic N) is 1. The molecule has 1 fully saturated rings. The van der Waals surface area contributed by atoms with Gasteiger partial charge in [0.15, 0.2) is 0 Å². The molecule has 0 bridgehead atoms. The van der Waals surface area contributed by atoms with Gasteiger partial charge in [0.1, 0.15) is 0 Å². The second kappa shape index (κ2) is 6.61. The summed E-state index contributed by atoms with van der Waals surface area (Å²) >= 11 is 0. The van der Waals surface area contributed by atoms with Crippen LogP contribution >= 0.6 is 0 Å². The molecule has 0 aromatic rings. The van der Waals surface area contributed by atoms with Crippen LogP contribution in [0.3, 0.4) is 0 Å². The van der Waals surface area contributed by atoms with Crippen LogP contribution in [0, 0.1) is 5.92 Å². The van der Waals surface area contributed by atoms with Crippen molar-refractivity contribution >= 4 is 10.8 Å². The molecule has 90 valence electrons. The topological polar surface area (TPSA) is 32.3 Å². The number of piperidine rings is 1. The first-order valence-electron chi connectivity index (χ1n) is 5.92. The standard InChI is InChI=1S/C11H24N2OS/c1-4-15(14)8-7-13-6-5-11(12-3)10(2)9-13/h10-12H,4-9H2,1-3H3. The van der Waals surface area contributed by atoms with Crippen molar-refractivity contribution in [2.45, 2.75) is 26.3 Å². The van der Waals surface area contributed by atoms with E-state index in [4.69, 9.17) is 0 Å². The van der Waals surface area contributed by atoms with Crippen LogP contribution in [0.15, 0.2) is 0 Å². The van der Waals surface area contributed by atoms with Crippen LogP contribution in [0.1, 0.15) is 20.3 Å². The Bertz CT molecular complexity index is 211. The summed E-state index contributed by atoms with van der Waals surface area (Å²) in [6, 6.07) is 0.665. The van der Waals surface area contributed by atoms with Crippen LogP contribution in [0.2, 0.25) is 0 Å². The number of hydrogen-bond acceptors (Lipinski definition) is 3. The zero-order valence-corrected chi connectivity index (χ0v) is 11.0. The van der Waals surface area contributed by atoms with Gasteiger partial charge in [0.05, 0.1) is 0 Å². The van der Waals surface area contributed by atoms with E-state index in [1.807, 2.05) is 14.0 Å². The fraction of sp³-hybridized carbons (Fsp3) is 1.00. The third kappa shape index (κ3) is 4.21. The van der Waals surface area contributed by atoms with Crippen LogP contribution in [0.5, 0.6) is 0 Å². The van der Waals surface area contributed by atoms with E-state index < -0.39 is 10.8 Å². The largest absolute Gasteiger partial charge is 0.317 e. The minimum Gasteiger partial charge on any atom is -0.317 e. The zero-order chi connectivity index (χ0) is 11.3. The summed E-state index contributed by atoms with van der Waals surface area (Å²) in [5.41, 5.74) is 0. The van der Waals surface area contributed by atoms with Crippen LogP contribution < -0.4 is 5.32 Å². The van der Waals surface area contributed by atoms with E-state index in [9.17, 15) is 4.21 Å². The van der Waals surface area contributed by atoms with Crippen molar-refractivity contribution in [1.29, 1.82) is 0 Å². The van der Waals surface area contributed by atoms with Crippen LogP contribution in [-0.4, -0.2) is 53.3 Å². The average Bonchev–Trinajstić information content (AvgIpc) is 2.26. The predicted molar refractivity (Wildman–Crippen MR) is 66.6 cm³/mol. The van der Waals surface area contributed by atoms with Crippen LogP contribution in [0.4, 0.5) is 0 Å². The molecule has 0 aromatic carbocycles. The molecule has 3 nitrogen and oxygen atoms in total. The summed E-state index contributed by atoms with van der Waals surface area (Å²) in [4.78, 5) is 2.45. The molecule has 1 saturated heterocycles. The molecule has 1 aliphatic rings. The number of nitrogens with one attached hydrogen (secondary N) is 1. The van der Waals surface area contributed by atoms with Gasteiger partial charge in [0, 0.05) is 41.4 Å². The molecular weight excluding hydrogens is 208 g/mol. The Hall–Kier alpha value is 0.0700. The Kier molecular flexibility index (Phi) is 5.79. The van der Waals surface area contributed by atoms with Crippen LogP contribution in [0.25, 0.3) is 0 Å². The Morgan fingerprint density at radius 2 is 2.27 bits per heavy atom. The molecule has 15 heavy (non-hydrogen) atoms. The van der Waals surface area contributed by atoms with Crippen LogP contribution in [-0.2, 0) is 10.8 Å². The molecule has 0 spiro atoms. The smallest absolute Gasteiger partial charge is 0.0362 e. The lowest BCUT2D eigenvalue weighted by Crippen LogP contribution is -2.48. The molecule has 3 unspecified atom stereocenters. The summed E-state index contributed by atoms with van der Waals surface area (Å²) in [6.45, 7) is 7.58. The molecule has 0 aliphatic carbocycles. The second-order valence-corrected chi connectivity index (χ2v) is 6.26. The molecule has 4 heteroatoms. The minimum atomic E-state index is -0.608. The van der Waals surface area contributed by atoms with Gasteiger partial charge in [-0.05, 0) is 25.9 Å². The average molecular weight is 232 g/mol. The van der Waals surface area contributed by atoms with Crippen molar-refractivity contribution < 1.29 is 4.21 Å².